The van der Waals surface area contributed by atoms with Gasteiger partial charge in [-0.1, -0.05) is 69.3 Å². The van der Waals surface area contributed by atoms with E-state index in [1.807, 2.05) is 55.5 Å². The molecule has 6 heteroatoms. The first-order chi connectivity index (χ1) is 17.8. The lowest BCUT2D eigenvalue weighted by molar-refractivity contribution is -0.116. The Kier molecular flexibility index (Phi) is 8.18. The van der Waals surface area contributed by atoms with Crippen molar-refractivity contribution >= 4 is 11.7 Å². The zero-order chi connectivity index (χ0) is 26.3. The molecule has 1 amide bonds. The molecule has 1 heterocycles. The van der Waals surface area contributed by atoms with Crippen LogP contribution in [-0.4, -0.2) is 22.5 Å². The van der Waals surface area contributed by atoms with Gasteiger partial charge in [0, 0.05) is 12.0 Å². The first-order valence-electron chi connectivity index (χ1n) is 12.5. The summed E-state index contributed by atoms with van der Waals surface area (Å²) in [6, 6.07) is 23.6. The summed E-state index contributed by atoms with van der Waals surface area (Å²) in [6.45, 7) is 9.06. The summed E-state index contributed by atoms with van der Waals surface area (Å²) >= 11 is 0. The van der Waals surface area contributed by atoms with Crippen molar-refractivity contribution < 1.29 is 14.3 Å². The van der Waals surface area contributed by atoms with Crippen LogP contribution in [0.4, 0.5) is 5.82 Å². The van der Waals surface area contributed by atoms with Gasteiger partial charge in [0.1, 0.15) is 5.75 Å². The van der Waals surface area contributed by atoms with Crippen molar-refractivity contribution in [2.45, 2.75) is 46.0 Å². The van der Waals surface area contributed by atoms with E-state index < -0.39 is 0 Å². The van der Waals surface area contributed by atoms with Gasteiger partial charge >= 0.3 is 0 Å². The van der Waals surface area contributed by atoms with Crippen LogP contribution in [-0.2, 0) is 16.6 Å². The number of nitrogens with zero attached hydrogens (tertiary/aromatic N) is 2. The summed E-state index contributed by atoms with van der Waals surface area (Å²) in [7, 11) is 0. The molecule has 0 fully saturated rings. The highest BCUT2D eigenvalue weighted by Crippen LogP contribution is 2.33. The van der Waals surface area contributed by atoms with E-state index in [0.29, 0.717) is 48.2 Å². The Morgan fingerprint density at radius 1 is 0.919 bits per heavy atom. The number of aryl methyl sites for hydroxylation is 1. The molecule has 1 N–H and O–H groups in total. The fourth-order valence-corrected chi connectivity index (χ4v) is 3.86. The van der Waals surface area contributed by atoms with Crippen LogP contribution in [0, 0.1) is 0 Å². The van der Waals surface area contributed by atoms with Crippen LogP contribution in [0.15, 0.2) is 85.2 Å². The smallest absolute Gasteiger partial charge is 0.225 e. The van der Waals surface area contributed by atoms with E-state index in [1.165, 1.54) is 5.56 Å². The maximum Gasteiger partial charge on any atom is 0.225 e. The highest BCUT2D eigenvalue weighted by atomic mass is 16.5. The third kappa shape index (κ3) is 7.17. The number of carbonyl (C=O) groups is 1. The number of aromatic nitrogens is 2. The fraction of sp³-hybridized carbons (Fsp3) is 0.258. The molecular formula is C31H33N3O3. The highest BCUT2D eigenvalue weighted by molar-refractivity contribution is 5.90. The summed E-state index contributed by atoms with van der Waals surface area (Å²) in [5.74, 6) is 2.29. The van der Waals surface area contributed by atoms with Crippen molar-refractivity contribution in [2.24, 2.45) is 0 Å². The Morgan fingerprint density at radius 3 is 2.41 bits per heavy atom. The van der Waals surface area contributed by atoms with Crippen LogP contribution in [0.25, 0.3) is 11.3 Å². The Balaban J connectivity index is 1.40. The third-order valence-electron chi connectivity index (χ3n) is 5.87. The second kappa shape index (κ2) is 11.7. The lowest BCUT2D eigenvalue weighted by atomic mass is 9.86. The molecule has 190 valence electrons. The number of nitrogens with one attached hydrogen (secondary N) is 1. The van der Waals surface area contributed by atoms with Gasteiger partial charge < -0.3 is 14.8 Å². The Bertz CT molecular complexity index is 1340. The molecule has 1 aromatic heterocycles. The van der Waals surface area contributed by atoms with E-state index in [4.69, 9.17) is 9.47 Å². The van der Waals surface area contributed by atoms with Crippen molar-refractivity contribution in [2.75, 3.05) is 11.9 Å². The van der Waals surface area contributed by atoms with Crippen molar-refractivity contribution in [1.82, 2.24) is 9.97 Å². The molecule has 37 heavy (non-hydrogen) atoms. The highest BCUT2D eigenvalue weighted by Gasteiger charge is 2.13. The van der Waals surface area contributed by atoms with Gasteiger partial charge in [-0.05, 0) is 54.2 Å². The van der Waals surface area contributed by atoms with Gasteiger partial charge in [-0.3, -0.25) is 9.78 Å². The molecule has 0 saturated heterocycles. The monoisotopic (exact) mass is 495 g/mol. The van der Waals surface area contributed by atoms with Crippen LogP contribution < -0.4 is 14.8 Å². The fourth-order valence-electron chi connectivity index (χ4n) is 3.86. The minimum Gasteiger partial charge on any atom is -0.490 e. The zero-order valence-electron chi connectivity index (χ0n) is 21.8. The molecule has 3 aromatic carbocycles. The number of ether oxygens (including phenoxy) is 2. The number of benzene rings is 3. The van der Waals surface area contributed by atoms with Gasteiger partial charge in [0.05, 0.1) is 24.7 Å². The van der Waals surface area contributed by atoms with Crippen molar-refractivity contribution in [3.8, 4) is 28.5 Å². The summed E-state index contributed by atoms with van der Waals surface area (Å²) < 4.78 is 11.7. The van der Waals surface area contributed by atoms with E-state index in [0.717, 1.165) is 11.1 Å². The molecule has 0 aliphatic rings. The van der Waals surface area contributed by atoms with Crippen molar-refractivity contribution in [3.63, 3.8) is 0 Å². The lowest BCUT2D eigenvalue weighted by Crippen LogP contribution is -2.14. The molecule has 0 saturated carbocycles. The topological polar surface area (TPSA) is 73.3 Å². The molecule has 0 unspecified atom stereocenters. The first kappa shape index (κ1) is 25.9. The maximum absolute atomic E-state index is 12.6. The Hall–Kier alpha value is -4.19. The third-order valence-corrected chi connectivity index (χ3v) is 5.87. The maximum atomic E-state index is 12.6. The molecule has 0 aliphatic heterocycles. The first-order valence-corrected chi connectivity index (χ1v) is 12.5. The van der Waals surface area contributed by atoms with E-state index in [9.17, 15) is 4.79 Å². The summed E-state index contributed by atoms with van der Waals surface area (Å²) in [5, 5.41) is 2.87. The quantitative estimate of drug-likeness (QED) is 0.266. The van der Waals surface area contributed by atoms with Gasteiger partial charge in [-0.2, -0.15) is 0 Å². The van der Waals surface area contributed by atoms with Crippen LogP contribution in [0.2, 0.25) is 0 Å². The van der Waals surface area contributed by atoms with Gasteiger partial charge in [-0.15, -0.1) is 0 Å². The summed E-state index contributed by atoms with van der Waals surface area (Å²) in [4.78, 5) is 21.5. The van der Waals surface area contributed by atoms with Crippen molar-refractivity contribution in [3.05, 3.63) is 96.3 Å². The van der Waals surface area contributed by atoms with Gasteiger partial charge in [0.2, 0.25) is 5.91 Å². The minimum absolute atomic E-state index is 0.101. The van der Waals surface area contributed by atoms with E-state index in [2.05, 4.69) is 60.3 Å². The normalized spacial score (nSPS) is 11.1. The van der Waals surface area contributed by atoms with Crippen LogP contribution in [0.3, 0.4) is 0 Å². The molecule has 6 nitrogen and oxygen atoms in total. The average molecular weight is 496 g/mol. The van der Waals surface area contributed by atoms with E-state index >= 15 is 0 Å². The molecule has 0 spiro atoms. The average Bonchev–Trinajstić information content (AvgIpc) is 2.89. The number of anilines is 1. The van der Waals surface area contributed by atoms with Gasteiger partial charge in [0.15, 0.2) is 17.3 Å². The number of rotatable bonds is 9. The molecular weight excluding hydrogens is 462 g/mol. The summed E-state index contributed by atoms with van der Waals surface area (Å²) in [5.41, 5.74) is 3.98. The number of carbonyl (C=O) groups excluding carboxylic acids is 1. The van der Waals surface area contributed by atoms with E-state index in [1.54, 1.807) is 12.4 Å². The number of hydrogen-bond acceptors (Lipinski definition) is 5. The summed E-state index contributed by atoms with van der Waals surface area (Å²) in [6.07, 6.45) is 4.24. The Labute approximate surface area is 218 Å². The van der Waals surface area contributed by atoms with Gasteiger partial charge in [-0.25, -0.2) is 4.98 Å². The second-order valence-corrected chi connectivity index (χ2v) is 9.79. The number of hydrogen-bond donors (Lipinski definition) is 1. The van der Waals surface area contributed by atoms with Crippen LogP contribution in [0.1, 0.15) is 45.2 Å². The van der Waals surface area contributed by atoms with E-state index in [-0.39, 0.29) is 11.3 Å². The second-order valence-electron chi connectivity index (χ2n) is 9.79. The standard InChI is InChI=1S/C31H33N3O3/c1-5-36-27-11-6-7-12-28(27)37-25-10-8-9-23(19-25)26-20-32-21-29(33-26)34-30(35)18-15-22-13-16-24(17-14-22)31(2,3)4/h6-14,16-17,19-21H,5,15,18H2,1-4H3,(H,33,34,35). The molecule has 0 radical (unpaired) electrons. The zero-order valence-corrected chi connectivity index (χ0v) is 21.8. The SMILES string of the molecule is CCOc1ccccc1Oc1cccc(-c2cncc(NC(=O)CCc3ccc(C(C)(C)C)cc3)n2)c1. The van der Waals surface area contributed by atoms with Gasteiger partial charge in [0.25, 0.3) is 0 Å². The van der Waals surface area contributed by atoms with Crippen LogP contribution in [0.5, 0.6) is 17.2 Å². The molecule has 0 aliphatic carbocycles. The molecule has 4 aromatic rings. The predicted octanol–water partition coefficient (Wildman–Crippen LogP) is 7.20. The predicted molar refractivity (Wildman–Crippen MR) is 147 cm³/mol. The largest absolute Gasteiger partial charge is 0.490 e. The number of amides is 1. The molecule has 4 rings (SSSR count). The number of para-hydroxylation sites is 2. The Morgan fingerprint density at radius 2 is 1.68 bits per heavy atom. The lowest BCUT2D eigenvalue weighted by Gasteiger charge is -2.19. The molecule has 0 atom stereocenters. The van der Waals surface area contributed by atoms with Crippen molar-refractivity contribution in [1.29, 1.82) is 0 Å². The van der Waals surface area contributed by atoms with Crippen LogP contribution >= 0.6 is 0 Å². The minimum atomic E-state index is -0.101. The molecule has 0 bridgehead atoms.